The van der Waals surface area contributed by atoms with Crippen LogP contribution in [-0.4, -0.2) is 53.7 Å². The van der Waals surface area contributed by atoms with Gasteiger partial charge in [0, 0.05) is 19.0 Å². The van der Waals surface area contributed by atoms with Crippen molar-refractivity contribution in [3.8, 4) is 11.1 Å². The fraction of sp³-hybridized carbons (Fsp3) is 0.423. The third-order valence-electron chi connectivity index (χ3n) is 6.29. The monoisotopic (exact) mass is 450 g/mol. The van der Waals surface area contributed by atoms with E-state index in [1.807, 2.05) is 43.3 Å². The number of nitrogens with one attached hydrogen (secondary N) is 1. The quantitative estimate of drug-likeness (QED) is 0.570. The molecule has 2 aromatic carbocycles. The molecule has 0 radical (unpaired) electrons. The molecule has 1 fully saturated rings. The number of carbonyl (C=O) groups is 3. The maximum Gasteiger partial charge on any atom is 0.407 e. The number of amides is 2. The molecular weight excluding hydrogens is 420 g/mol. The number of aliphatic carboxylic acids is 1. The molecule has 7 heteroatoms. The third kappa shape index (κ3) is 5.35. The summed E-state index contributed by atoms with van der Waals surface area (Å²) in [4.78, 5) is 38.8. The van der Waals surface area contributed by atoms with Crippen LogP contribution in [0.3, 0.4) is 0 Å². The van der Waals surface area contributed by atoms with Crippen molar-refractivity contribution in [3.05, 3.63) is 59.7 Å². The molecule has 2 aliphatic carbocycles. The van der Waals surface area contributed by atoms with Crippen molar-refractivity contribution in [1.82, 2.24) is 10.2 Å². The van der Waals surface area contributed by atoms with Gasteiger partial charge in [0.1, 0.15) is 12.6 Å². The van der Waals surface area contributed by atoms with Crippen molar-refractivity contribution in [3.63, 3.8) is 0 Å². The van der Waals surface area contributed by atoms with Crippen molar-refractivity contribution in [1.29, 1.82) is 0 Å². The van der Waals surface area contributed by atoms with E-state index < -0.39 is 24.5 Å². The Morgan fingerprint density at radius 2 is 1.67 bits per heavy atom. The van der Waals surface area contributed by atoms with Crippen LogP contribution in [0, 0.1) is 5.92 Å². The molecule has 4 rings (SSSR count). The van der Waals surface area contributed by atoms with Gasteiger partial charge in [0.25, 0.3) is 0 Å². The van der Waals surface area contributed by atoms with Crippen molar-refractivity contribution in [2.24, 2.45) is 5.92 Å². The summed E-state index contributed by atoms with van der Waals surface area (Å²) in [6.07, 6.45) is 1.67. The Labute approximate surface area is 193 Å². The average Bonchev–Trinajstić information content (AvgIpc) is 3.57. The predicted octanol–water partition coefficient (Wildman–Crippen LogP) is 4.02. The minimum Gasteiger partial charge on any atom is -0.481 e. The van der Waals surface area contributed by atoms with Gasteiger partial charge in [-0.2, -0.15) is 0 Å². The minimum absolute atomic E-state index is 0.106. The maximum atomic E-state index is 13.0. The molecule has 0 aromatic heterocycles. The van der Waals surface area contributed by atoms with Gasteiger partial charge in [-0.15, -0.1) is 0 Å². The van der Waals surface area contributed by atoms with E-state index in [4.69, 9.17) is 4.74 Å². The van der Waals surface area contributed by atoms with Gasteiger partial charge < -0.3 is 20.1 Å². The summed E-state index contributed by atoms with van der Waals surface area (Å²) in [6.45, 7) is 3.22. The number of carbonyl (C=O) groups excluding carboxylic acids is 2. The fourth-order valence-electron chi connectivity index (χ4n) is 4.55. The first kappa shape index (κ1) is 22.8. The van der Waals surface area contributed by atoms with Gasteiger partial charge in [-0.05, 0) is 47.4 Å². The summed E-state index contributed by atoms with van der Waals surface area (Å²) in [5.74, 6) is -1.14. The molecule has 33 heavy (non-hydrogen) atoms. The topological polar surface area (TPSA) is 95.9 Å². The molecule has 1 atom stereocenters. The van der Waals surface area contributed by atoms with Gasteiger partial charge in [-0.25, -0.2) is 4.79 Å². The van der Waals surface area contributed by atoms with Gasteiger partial charge in [-0.1, -0.05) is 55.5 Å². The zero-order chi connectivity index (χ0) is 23.4. The summed E-state index contributed by atoms with van der Waals surface area (Å²) in [5.41, 5.74) is 4.42. The van der Waals surface area contributed by atoms with Crippen LogP contribution in [-0.2, 0) is 14.3 Å². The number of ether oxygens (including phenoxy) is 1. The lowest BCUT2D eigenvalue weighted by molar-refractivity contribution is -0.142. The van der Waals surface area contributed by atoms with Crippen LogP contribution in [0.25, 0.3) is 11.1 Å². The number of benzene rings is 2. The number of rotatable bonds is 10. The Morgan fingerprint density at radius 3 is 2.21 bits per heavy atom. The van der Waals surface area contributed by atoms with Crippen LogP contribution in [0.5, 0.6) is 0 Å². The van der Waals surface area contributed by atoms with Crippen molar-refractivity contribution in [2.75, 3.05) is 19.7 Å². The second-order valence-electron chi connectivity index (χ2n) is 8.85. The second-order valence-corrected chi connectivity index (χ2v) is 8.85. The second kappa shape index (κ2) is 10.1. The van der Waals surface area contributed by atoms with Crippen LogP contribution < -0.4 is 5.32 Å². The van der Waals surface area contributed by atoms with E-state index in [0.29, 0.717) is 19.0 Å². The predicted molar refractivity (Wildman–Crippen MR) is 124 cm³/mol. The van der Waals surface area contributed by atoms with E-state index in [9.17, 15) is 19.5 Å². The summed E-state index contributed by atoms with van der Waals surface area (Å²) in [7, 11) is 0. The lowest BCUT2D eigenvalue weighted by Gasteiger charge is -2.27. The Bertz CT molecular complexity index is 987. The first-order valence-corrected chi connectivity index (χ1v) is 11.6. The first-order valence-electron chi connectivity index (χ1n) is 11.6. The van der Waals surface area contributed by atoms with E-state index in [1.165, 1.54) is 0 Å². The average molecular weight is 451 g/mol. The van der Waals surface area contributed by atoms with Crippen LogP contribution in [0.4, 0.5) is 4.79 Å². The van der Waals surface area contributed by atoms with Gasteiger partial charge >= 0.3 is 12.1 Å². The number of nitrogens with zero attached hydrogens (tertiary/aromatic N) is 1. The maximum absolute atomic E-state index is 13.0. The highest BCUT2D eigenvalue weighted by Crippen LogP contribution is 2.44. The normalized spacial score (nSPS) is 15.3. The molecule has 0 spiro atoms. The first-order chi connectivity index (χ1) is 16.0. The van der Waals surface area contributed by atoms with Gasteiger partial charge in [0.15, 0.2) is 0 Å². The molecule has 0 bridgehead atoms. The third-order valence-corrected chi connectivity index (χ3v) is 6.29. The fourth-order valence-corrected chi connectivity index (χ4v) is 4.55. The molecule has 2 amide bonds. The molecule has 0 aliphatic heterocycles. The largest absolute Gasteiger partial charge is 0.481 e. The minimum atomic E-state index is -1.15. The van der Waals surface area contributed by atoms with Gasteiger partial charge in [0.05, 0.1) is 6.42 Å². The van der Waals surface area contributed by atoms with Crippen LogP contribution >= 0.6 is 0 Å². The number of alkyl carbamates (subject to hydrolysis) is 1. The number of fused-ring (bicyclic) bond motifs is 3. The zero-order valence-corrected chi connectivity index (χ0v) is 18.8. The van der Waals surface area contributed by atoms with E-state index in [0.717, 1.165) is 41.5 Å². The lowest BCUT2D eigenvalue weighted by atomic mass is 9.98. The number of carboxylic acid groups (broad SMARTS) is 1. The Hall–Kier alpha value is -3.35. The van der Waals surface area contributed by atoms with E-state index in [1.54, 1.807) is 4.90 Å². The Morgan fingerprint density at radius 1 is 1.06 bits per heavy atom. The molecule has 7 nitrogen and oxygen atoms in total. The molecular formula is C26H30N2O5. The summed E-state index contributed by atoms with van der Waals surface area (Å²) in [6, 6.07) is 14.9. The van der Waals surface area contributed by atoms with Crippen molar-refractivity contribution in [2.45, 2.75) is 44.6 Å². The van der Waals surface area contributed by atoms with Gasteiger partial charge in [-0.3, -0.25) is 9.59 Å². The summed E-state index contributed by atoms with van der Waals surface area (Å²) >= 11 is 0. The highest BCUT2D eigenvalue weighted by Gasteiger charge is 2.33. The van der Waals surface area contributed by atoms with Crippen molar-refractivity contribution >= 4 is 18.0 Å². The summed E-state index contributed by atoms with van der Waals surface area (Å²) < 4.78 is 5.52. The molecule has 2 N–H and O–H groups in total. The lowest BCUT2D eigenvalue weighted by Crippen LogP contribution is -2.50. The van der Waals surface area contributed by atoms with Crippen molar-refractivity contribution < 1.29 is 24.2 Å². The smallest absolute Gasteiger partial charge is 0.407 e. The summed E-state index contributed by atoms with van der Waals surface area (Å²) in [5, 5.41) is 11.8. The molecule has 2 aromatic rings. The number of carboxylic acids is 1. The van der Waals surface area contributed by atoms with Crippen LogP contribution in [0.2, 0.25) is 0 Å². The van der Waals surface area contributed by atoms with E-state index in [-0.39, 0.29) is 18.4 Å². The van der Waals surface area contributed by atoms with Gasteiger partial charge in [0.2, 0.25) is 5.91 Å². The Balaban J connectivity index is 1.42. The number of hydrogen-bond donors (Lipinski definition) is 2. The van der Waals surface area contributed by atoms with Crippen LogP contribution in [0.15, 0.2) is 48.5 Å². The number of hydrogen-bond acceptors (Lipinski definition) is 4. The molecule has 2 aliphatic rings. The Kier molecular flexibility index (Phi) is 6.96. The molecule has 0 heterocycles. The molecule has 0 saturated heterocycles. The highest BCUT2D eigenvalue weighted by atomic mass is 16.5. The molecule has 1 unspecified atom stereocenters. The molecule has 1 saturated carbocycles. The zero-order valence-electron chi connectivity index (χ0n) is 18.8. The molecule has 174 valence electrons. The van der Waals surface area contributed by atoms with E-state index in [2.05, 4.69) is 17.4 Å². The van der Waals surface area contributed by atoms with E-state index >= 15 is 0 Å². The SMILES string of the molecule is CCCN(CC1CC1)C(=O)C(CC(=O)O)NC(=O)OCC1c2ccccc2-c2ccccc21. The van der Waals surface area contributed by atoms with Crippen LogP contribution in [0.1, 0.15) is 49.7 Å². The standard InChI is InChI=1S/C26H30N2O5/c1-2-13-28(15-17-11-12-17)25(31)23(14-24(29)30)27-26(32)33-16-22-20-9-5-3-7-18(20)19-8-4-6-10-21(19)22/h3-10,17,22-23H,2,11-16H2,1H3,(H,27,32)(H,29,30). The highest BCUT2D eigenvalue weighted by molar-refractivity contribution is 5.89.